The molecule has 17 heavy (non-hydrogen) atoms. The average molecular weight is 258 g/mol. The van der Waals surface area contributed by atoms with Gasteiger partial charge in [0.2, 0.25) is 5.88 Å². The summed E-state index contributed by atoms with van der Waals surface area (Å²) in [4.78, 5) is 4.28. The number of aryl methyl sites for hydroxylation is 1. The van der Waals surface area contributed by atoms with Crippen molar-refractivity contribution in [1.29, 1.82) is 0 Å². The van der Waals surface area contributed by atoms with Crippen molar-refractivity contribution in [2.24, 2.45) is 0 Å². The lowest BCUT2D eigenvalue weighted by molar-refractivity contribution is -0.0168. The summed E-state index contributed by atoms with van der Waals surface area (Å²) in [6.45, 7) is 9.02. The molecule has 0 fully saturated rings. The molecule has 1 heterocycles. The highest BCUT2D eigenvalue weighted by atomic mass is 35.5. The zero-order valence-electron chi connectivity index (χ0n) is 10.9. The van der Waals surface area contributed by atoms with Crippen LogP contribution in [0.15, 0.2) is 12.1 Å². The number of nitrogens with zero attached hydrogens (tertiary/aromatic N) is 1. The lowest BCUT2D eigenvalue weighted by Crippen LogP contribution is -2.22. The standard InChI is InChI=1S/C13H20ClNO2/c1-10-7-11(9-14)8-12(15-10)16-5-6-17-13(2,3)4/h7-8H,5-6,9H2,1-4H3. The Morgan fingerprint density at radius 1 is 1.24 bits per heavy atom. The molecular formula is C13H20ClNO2. The summed E-state index contributed by atoms with van der Waals surface area (Å²) in [5.41, 5.74) is 1.80. The molecule has 0 aliphatic rings. The van der Waals surface area contributed by atoms with Crippen molar-refractivity contribution in [1.82, 2.24) is 4.98 Å². The van der Waals surface area contributed by atoms with Gasteiger partial charge in [-0.1, -0.05) is 0 Å². The van der Waals surface area contributed by atoms with Crippen LogP contribution in [-0.4, -0.2) is 23.8 Å². The third-order valence-corrected chi connectivity index (χ3v) is 2.32. The van der Waals surface area contributed by atoms with E-state index in [1.807, 2.05) is 39.8 Å². The van der Waals surface area contributed by atoms with Gasteiger partial charge in [-0.3, -0.25) is 0 Å². The van der Waals surface area contributed by atoms with Crippen LogP contribution in [0, 0.1) is 6.92 Å². The smallest absolute Gasteiger partial charge is 0.213 e. The van der Waals surface area contributed by atoms with Gasteiger partial charge in [-0.05, 0) is 39.3 Å². The first kappa shape index (κ1) is 14.3. The van der Waals surface area contributed by atoms with Gasteiger partial charge >= 0.3 is 0 Å². The van der Waals surface area contributed by atoms with E-state index in [2.05, 4.69) is 4.98 Å². The second-order valence-corrected chi connectivity index (χ2v) is 5.17. The quantitative estimate of drug-likeness (QED) is 0.599. The summed E-state index contributed by atoms with van der Waals surface area (Å²) in [5.74, 6) is 1.08. The molecular weight excluding hydrogens is 238 g/mol. The van der Waals surface area contributed by atoms with Crippen LogP contribution in [0.1, 0.15) is 32.0 Å². The number of halogens is 1. The van der Waals surface area contributed by atoms with E-state index in [-0.39, 0.29) is 5.60 Å². The van der Waals surface area contributed by atoms with Crippen LogP contribution >= 0.6 is 11.6 Å². The van der Waals surface area contributed by atoms with Gasteiger partial charge in [0.05, 0.1) is 12.2 Å². The van der Waals surface area contributed by atoms with E-state index in [1.165, 1.54) is 0 Å². The molecule has 0 saturated heterocycles. The minimum Gasteiger partial charge on any atom is -0.475 e. The van der Waals surface area contributed by atoms with Crippen molar-refractivity contribution in [3.8, 4) is 5.88 Å². The van der Waals surface area contributed by atoms with E-state index in [9.17, 15) is 0 Å². The Hall–Kier alpha value is -0.800. The second-order valence-electron chi connectivity index (χ2n) is 4.90. The van der Waals surface area contributed by atoms with E-state index in [1.54, 1.807) is 0 Å². The molecule has 0 atom stereocenters. The van der Waals surface area contributed by atoms with Crippen LogP contribution in [-0.2, 0) is 10.6 Å². The highest BCUT2D eigenvalue weighted by Crippen LogP contribution is 2.14. The predicted molar refractivity (Wildman–Crippen MR) is 69.7 cm³/mol. The molecule has 0 aliphatic carbocycles. The number of pyridine rings is 1. The molecule has 0 bridgehead atoms. The Labute approximate surface area is 108 Å². The summed E-state index contributed by atoms with van der Waals surface area (Å²) >= 11 is 5.78. The summed E-state index contributed by atoms with van der Waals surface area (Å²) in [5, 5.41) is 0. The normalized spacial score (nSPS) is 11.6. The molecule has 1 rings (SSSR count). The molecule has 0 N–H and O–H groups in total. The van der Waals surface area contributed by atoms with Crippen LogP contribution in [0.2, 0.25) is 0 Å². The molecule has 3 nitrogen and oxygen atoms in total. The van der Waals surface area contributed by atoms with Gasteiger partial charge in [-0.2, -0.15) is 0 Å². The van der Waals surface area contributed by atoms with Gasteiger partial charge in [-0.25, -0.2) is 4.98 Å². The van der Waals surface area contributed by atoms with Gasteiger partial charge in [0.15, 0.2) is 0 Å². The average Bonchev–Trinajstić information content (AvgIpc) is 2.22. The fourth-order valence-electron chi connectivity index (χ4n) is 1.35. The zero-order valence-corrected chi connectivity index (χ0v) is 11.7. The number of hydrogen-bond donors (Lipinski definition) is 0. The van der Waals surface area contributed by atoms with Crippen LogP contribution in [0.5, 0.6) is 5.88 Å². The Kier molecular flexibility index (Phi) is 5.22. The molecule has 0 spiro atoms. The number of alkyl halides is 1. The first-order valence-electron chi connectivity index (χ1n) is 5.71. The topological polar surface area (TPSA) is 31.4 Å². The summed E-state index contributed by atoms with van der Waals surface area (Å²) in [6.07, 6.45) is 0. The molecule has 0 saturated carbocycles. The maximum atomic E-state index is 5.78. The molecule has 4 heteroatoms. The Morgan fingerprint density at radius 3 is 2.53 bits per heavy atom. The lowest BCUT2D eigenvalue weighted by Gasteiger charge is -2.19. The van der Waals surface area contributed by atoms with Crippen molar-refractivity contribution in [3.63, 3.8) is 0 Å². The van der Waals surface area contributed by atoms with Gasteiger partial charge in [0, 0.05) is 17.6 Å². The van der Waals surface area contributed by atoms with Crippen LogP contribution in [0.3, 0.4) is 0 Å². The number of rotatable bonds is 5. The first-order valence-corrected chi connectivity index (χ1v) is 6.24. The van der Waals surface area contributed by atoms with E-state index >= 15 is 0 Å². The Balaban J connectivity index is 2.44. The highest BCUT2D eigenvalue weighted by Gasteiger charge is 2.09. The maximum Gasteiger partial charge on any atom is 0.213 e. The molecule has 1 aromatic heterocycles. The van der Waals surface area contributed by atoms with E-state index in [0.29, 0.717) is 25.0 Å². The fraction of sp³-hybridized carbons (Fsp3) is 0.615. The van der Waals surface area contributed by atoms with Crippen molar-refractivity contribution >= 4 is 11.6 Å². The highest BCUT2D eigenvalue weighted by molar-refractivity contribution is 6.17. The first-order chi connectivity index (χ1) is 7.90. The van der Waals surface area contributed by atoms with Crippen LogP contribution < -0.4 is 4.74 Å². The third kappa shape index (κ3) is 5.89. The van der Waals surface area contributed by atoms with Crippen LogP contribution in [0.25, 0.3) is 0 Å². The second kappa shape index (κ2) is 6.22. The number of hydrogen-bond acceptors (Lipinski definition) is 3. The SMILES string of the molecule is Cc1cc(CCl)cc(OCCOC(C)(C)C)n1. The van der Waals surface area contributed by atoms with Gasteiger partial charge < -0.3 is 9.47 Å². The Morgan fingerprint density at radius 2 is 1.94 bits per heavy atom. The maximum absolute atomic E-state index is 5.78. The molecule has 96 valence electrons. The van der Waals surface area contributed by atoms with E-state index in [0.717, 1.165) is 11.3 Å². The van der Waals surface area contributed by atoms with Crippen LogP contribution in [0.4, 0.5) is 0 Å². The minimum atomic E-state index is -0.134. The van der Waals surface area contributed by atoms with Crippen molar-refractivity contribution in [2.75, 3.05) is 13.2 Å². The number of ether oxygens (including phenoxy) is 2. The Bertz CT molecular complexity index is 361. The summed E-state index contributed by atoms with van der Waals surface area (Å²) in [6, 6.07) is 3.81. The monoisotopic (exact) mass is 257 g/mol. The largest absolute Gasteiger partial charge is 0.475 e. The van der Waals surface area contributed by atoms with E-state index < -0.39 is 0 Å². The number of aromatic nitrogens is 1. The molecule has 0 aliphatic heterocycles. The zero-order chi connectivity index (χ0) is 12.9. The van der Waals surface area contributed by atoms with Crippen molar-refractivity contribution < 1.29 is 9.47 Å². The summed E-state index contributed by atoms with van der Waals surface area (Å²) in [7, 11) is 0. The predicted octanol–water partition coefficient (Wildman–Crippen LogP) is 3.32. The van der Waals surface area contributed by atoms with Crippen molar-refractivity contribution in [2.45, 2.75) is 39.2 Å². The molecule has 0 unspecified atom stereocenters. The van der Waals surface area contributed by atoms with Gasteiger partial charge in [0.1, 0.15) is 6.61 Å². The van der Waals surface area contributed by atoms with Gasteiger partial charge in [0.25, 0.3) is 0 Å². The lowest BCUT2D eigenvalue weighted by atomic mass is 10.2. The fourth-order valence-corrected chi connectivity index (χ4v) is 1.51. The van der Waals surface area contributed by atoms with E-state index in [4.69, 9.17) is 21.1 Å². The minimum absolute atomic E-state index is 0.134. The molecule has 1 aromatic rings. The van der Waals surface area contributed by atoms with Crippen molar-refractivity contribution in [3.05, 3.63) is 23.4 Å². The molecule has 0 amide bonds. The van der Waals surface area contributed by atoms with Gasteiger partial charge in [-0.15, -0.1) is 11.6 Å². The molecule has 0 aromatic carbocycles. The third-order valence-electron chi connectivity index (χ3n) is 2.01. The molecule has 0 radical (unpaired) electrons. The summed E-state index contributed by atoms with van der Waals surface area (Å²) < 4.78 is 11.1.